The van der Waals surface area contributed by atoms with Crippen LogP contribution in [0.25, 0.3) is 0 Å². The first-order valence-electron chi connectivity index (χ1n) is 0.965. The smallest absolute Gasteiger partial charge is 0.152 e. The van der Waals surface area contributed by atoms with Crippen LogP contribution in [0.2, 0.25) is 0 Å². The van der Waals surface area contributed by atoms with Crippen LogP contribution in [0, 0.1) is 9.81 Å². The van der Waals surface area contributed by atoms with Gasteiger partial charge in [0.25, 0.3) is 0 Å². The van der Waals surface area contributed by atoms with E-state index in [0.29, 0.717) is 0 Å². The second kappa shape index (κ2) is 246. The van der Waals surface area contributed by atoms with Crippen molar-refractivity contribution in [3.63, 3.8) is 0 Å². The molecule has 0 aromatic carbocycles. The topological polar surface area (TPSA) is 140 Å². The molecular formula is H4N2O6. The van der Waals surface area contributed by atoms with Crippen molar-refractivity contribution in [1.29, 1.82) is 0 Å². The van der Waals surface area contributed by atoms with Gasteiger partial charge in [0.05, 0.1) is 0 Å². The van der Waals surface area contributed by atoms with E-state index in [1.165, 1.54) is 10.7 Å². The van der Waals surface area contributed by atoms with Gasteiger partial charge in [0.2, 0.25) is 0 Å². The molecule has 0 heterocycles. The lowest BCUT2D eigenvalue weighted by atomic mass is 13.4. The summed E-state index contributed by atoms with van der Waals surface area (Å²) in [5, 5.41) is 27.8. The van der Waals surface area contributed by atoms with Crippen molar-refractivity contribution >= 4 is 0 Å². The van der Waals surface area contributed by atoms with Gasteiger partial charge >= 0.3 is 0 Å². The molecule has 0 saturated carbocycles. The highest BCUT2D eigenvalue weighted by Gasteiger charge is 1.18. The number of nitrogens with zero attached hydrogens (tertiary/aromatic N) is 2. The van der Waals surface area contributed by atoms with Crippen LogP contribution in [0.15, 0.2) is 10.7 Å². The van der Waals surface area contributed by atoms with Crippen molar-refractivity contribution in [3.05, 3.63) is 9.81 Å². The summed E-state index contributed by atoms with van der Waals surface area (Å²) in [5.74, 6) is 0. The molecule has 0 aliphatic heterocycles. The van der Waals surface area contributed by atoms with Crippen LogP contribution < -0.4 is 0 Å². The Hall–Kier alpha value is -1.28. The molecule has 0 bridgehead atoms. The molecule has 0 radical (unpaired) electrons. The highest BCUT2D eigenvalue weighted by Crippen LogP contribution is 1.25. The van der Waals surface area contributed by atoms with Crippen molar-refractivity contribution in [3.8, 4) is 0 Å². The molecule has 0 amide bonds. The molecule has 0 atom stereocenters. The highest BCUT2D eigenvalue weighted by atomic mass is 17.0. The van der Waals surface area contributed by atoms with Crippen LogP contribution in [-0.4, -0.2) is 20.9 Å². The number of hydrogen-bond donors (Lipinski definition) is 4. The predicted octanol–water partition coefficient (Wildman–Crippen LogP) is 0.301. The Morgan fingerprint density at radius 3 is 0.875 bits per heavy atom. The van der Waals surface area contributed by atoms with Gasteiger partial charge in [0, 0.05) is 0 Å². The van der Waals surface area contributed by atoms with Gasteiger partial charge in [0.1, 0.15) is 0 Å². The average molecular weight is 128 g/mol. The van der Waals surface area contributed by atoms with Gasteiger partial charge in [-0.25, -0.2) is 0 Å². The maximum Gasteiger partial charge on any atom is 0.152 e. The van der Waals surface area contributed by atoms with Crippen LogP contribution in [-0.2, 0) is 0 Å². The van der Waals surface area contributed by atoms with Gasteiger partial charge in [-0.1, -0.05) is 0 Å². The summed E-state index contributed by atoms with van der Waals surface area (Å²) in [4.78, 5) is 16.2. The summed E-state index contributed by atoms with van der Waals surface area (Å²) in [7, 11) is 0. The van der Waals surface area contributed by atoms with E-state index >= 15 is 0 Å². The lowest BCUT2D eigenvalue weighted by molar-refractivity contribution is -0.176. The summed E-state index contributed by atoms with van der Waals surface area (Å²) in [5.41, 5.74) is 0. The first kappa shape index (κ1) is 15.9. The fourth-order valence-corrected chi connectivity index (χ4v) is 0. The molecule has 0 saturated heterocycles. The first-order chi connectivity index (χ1) is 3.83. The van der Waals surface area contributed by atoms with Crippen LogP contribution in [0.3, 0.4) is 0 Å². The quantitative estimate of drug-likeness (QED) is 0.210. The summed E-state index contributed by atoms with van der Waals surface area (Å²) < 4.78 is 0. The Morgan fingerprint density at radius 1 is 0.875 bits per heavy atom. The van der Waals surface area contributed by atoms with Gasteiger partial charge in [-0.3, -0.25) is 10.5 Å². The maximum absolute atomic E-state index is 8.11. The third-order valence-corrected chi connectivity index (χ3v) is 0. The van der Waals surface area contributed by atoms with E-state index in [9.17, 15) is 0 Å². The van der Waals surface area contributed by atoms with E-state index in [4.69, 9.17) is 30.7 Å². The number of rotatable bonds is 0. The first-order valence-corrected chi connectivity index (χ1v) is 0.965. The van der Waals surface area contributed by atoms with E-state index in [2.05, 4.69) is 0 Å². The van der Waals surface area contributed by atoms with Crippen LogP contribution in [0.1, 0.15) is 0 Å². The predicted molar refractivity (Wildman–Crippen MR) is 20.4 cm³/mol. The molecule has 50 valence electrons. The molecule has 0 spiro atoms. The SMILES string of the molecule is O=NO.O=NO.OO. The average Bonchev–Trinajstić information content (AvgIpc) is 1.75. The molecular weight excluding hydrogens is 124 g/mol. The molecule has 4 N–H and O–H groups in total. The van der Waals surface area contributed by atoms with Crippen molar-refractivity contribution in [2.45, 2.75) is 0 Å². The summed E-state index contributed by atoms with van der Waals surface area (Å²) in [6.45, 7) is 0. The Balaban J connectivity index is -0.0000000483. The molecule has 8 heavy (non-hydrogen) atoms. The van der Waals surface area contributed by atoms with Gasteiger partial charge in [-0.05, 0) is 0 Å². The largest absolute Gasteiger partial charge is 0.379 e. The Morgan fingerprint density at radius 2 is 0.875 bits per heavy atom. The summed E-state index contributed by atoms with van der Waals surface area (Å²) in [6.07, 6.45) is 0. The van der Waals surface area contributed by atoms with E-state index in [1.54, 1.807) is 0 Å². The molecule has 0 fully saturated rings. The molecule has 8 heteroatoms. The third-order valence-electron chi connectivity index (χ3n) is 0. The fourth-order valence-electron chi connectivity index (χ4n) is 0. The molecule has 0 unspecified atom stereocenters. The molecule has 0 aromatic heterocycles. The van der Waals surface area contributed by atoms with Crippen molar-refractivity contribution < 1.29 is 20.9 Å². The van der Waals surface area contributed by atoms with Crippen LogP contribution in [0.5, 0.6) is 0 Å². The zero-order chi connectivity index (χ0) is 7.41. The molecule has 0 aromatic rings. The molecule has 0 rings (SSSR count). The molecule has 8 nitrogen and oxygen atoms in total. The van der Waals surface area contributed by atoms with Crippen LogP contribution >= 0.6 is 0 Å². The lowest BCUT2D eigenvalue weighted by Crippen LogP contribution is -1.29. The number of hydrogen-bond acceptors (Lipinski definition) is 6. The van der Waals surface area contributed by atoms with Crippen molar-refractivity contribution in [2.24, 2.45) is 10.7 Å². The minimum atomic E-state index is 1.25. The normalized spacial score (nSPS) is 3.75. The monoisotopic (exact) mass is 128 g/mol. The molecule has 0 aliphatic rings. The Labute approximate surface area is 42.8 Å². The fraction of sp³-hybridized carbons (Fsp3) is 0. The van der Waals surface area contributed by atoms with Gasteiger partial charge in [-0.2, -0.15) is 0 Å². The van der Waals surface area contributed by atoms with E-state index in [1.807, 2.05) is 0 Å². The maximum atomic E-state index is 8.11. The van der Waals surface area contributed by atoms with Crippen molar-refractivity contribution in [1.82, 2.24) is 0 Å². The highest BCUT2D eigenvalue weighted by molar-refractivity contribution is 3.84. The van der Waals surface area contributed by atoms with E-state index in [-0.39, 0.29) is 0 Å². The Kier molecular flexibility index (Phi) is 488. The minimum Gasteiger partial charge on any atom is -0.379 e. The zero-order valence-electron chi connectivity index (χ0n) is 3.50. The van der Waals surface area contributed by atoms with Crippen LogP contribution in [0.4, 0.5) is 0 Å². The minimum absolute atomic E-state index is 1.25. The second-order valence-electron chi connectivity index (χ2n) is 0.163. The summed E-state index contributed by atoms with van der Waals surface area (Å²) in [6, 6.07) is 0. The Bertz CT molecular complexity index is 27.5. The summed E-state index contributed by atoms with van der Waals surface area (Å²) >= 11 is 0. The van der Waals surface area contributed by atoms with Gasteiger partial charge in [0.15, 0.2) is 10.7 Å². The van der Waals surface area contributed by atoms with E-state index in [0.717, 1.165) is 0 Å². The van der Waals surface area contributed by atoms with Crippen molar-refractivity contribution in [2.75, 3.05) is 0 Å². The van der Waals surface area contributed by atoms with Gasteiger partial charge in [-0.15, -0.1) is 9.81 Å². The van der Waals surface area contributed by atoms with Gasteiger partial charge < -0.3 is 10.4 Å². The third kappa shape index (κ3) is 39.9. The lowest BCUT2D eigenvalue weighted by Gasteiger charge is -1.32. The second-order valence-corrected chi connectivity index (χ2v) is 0.163. The zero-order valence-corrected chi connectivity index (χ0v) is 3.50. The van der Waals surface area contributed by atoms with E-state index < -0.39 is 0 Å². The standard InChI is InChI=1S/2HNO2.H2O2/c2*2-1-3;1-2/h2*(H,2,3);1-2H. The molecule has 0 aliphatic carbocycles.